The van der Waals surface area contributed by atoms with Crippen LogP contribution < -0.4 is 10.6 Å². The molecule has 1 aromatic carbocycles. The molecule has 9 nitrogen and oxygen atoms in total. The van der Waals surface area contributed by atoms with Crippen LogP contribution in [0.25, 0.3) is 0 Å². The zero-order valence-electron chi connectivity index (χ0n) is 17.5. The number of ketones is 1. The number of hydrogen-bond donors (Lipinski definition) is 2. The number of amides is 2. The molecule has 2 amide bonds. The standard InChI is InChI=1S/C21H18ClF2N5O4/c1-9(21-26-10(2)28-33-21)25-20(32)18(30)17-16(22)15(14-4-3-7-29(14)17)19(31)27-11-5-6-12(23)13(24)8-11/h5-6,8-9H,3-4,7H2,1-2H3,(H,25,32)(H,27,31)/t9-/m1/s1. The van der Waals surface area contributed by atoms with Gasteiger partial charge in [0.25, 0.3) is 17.6 Å². The lowest BCUT2D eigenvalue weighted by Crippen LogP contribution is -2.34. The van der Waals surface area contributed by atoms with Crippen LogP contribution in [0.5, 0.6) is 0 Å². The van der Waals surface area contributed by atoms with Gasteiger partial charge in [-0.3, -0.25) is 14.4 Å². The molecule has 12 heteroatoms. The summed E-state index contributed by atoms with van der Waals surface area (Å²) in [7, 11) is 0. The Morgan fingerprint density at radius 3 is 2.67 bits per heavy atom. The minimum absolute atomic E-state index is 0.00984. The van der Waals surface area contributed by atoms with Crippen molar-refractivity contribution in [3.63, 3.8) is 0 Å². The Morgan fingerprint density at radius 1 is 1.24 bits per heavy atom. The first-order valence-corrected chi connectivity index (χ1v) is 10.4. The Labute approximate surface area is 191 Å². The number of halogens is 3. The number of rotatable bonds is 6. The van der Waals surface area contributed by atoms with E-state index in [9.17, 15) is 23.2 Å². The zero-order chi connectivity index (χ0) is 23.9. The lowest BCUT2D eigenvalue weighted by Gasteiger charge is -2.10. The van der Waals surface area contributed by atoms with Crippen LogP contribution in [0.3, 0.4) is 0 Å². The van der Waals surface area contributed by atoms with E-state index in [4.69, 9.17) is 16.1 Å². The zero-order valence-corrected chi connectivity index (χ0v) is 18.3. The number of hydrogen-bond acceptors (Lipinski definition) is 6. The number of anilines is 1. The van der Waals surface area contributed by atoms with Crippen LogP contribution in [-0.4, -0.2) is 32.3 Å². The van der Waals surface area contributed by atoms with Gasteiger partial charge in [-0.25, -0.2) is 8.78 Å². The number of carbonyl (C=O) groups is 3. The summed E-state index contributed by atoms with van der Waals surface area (Å²) in [4.78, 5) is 42.5. The highest BCUT2D eigenvalue weighted by molar-refractivity contribution is 6.48. The van der Waals surface area contributed by atoms with E-state index in [0.29, 0.717) is 30.9 Å². The summed E-state index contributed by atoms with van der Waals surface area (Å²) in [5, 5.41) is 8.38. The van der Waals surface area contributed by atoms with Gasteiger partial charge in [-0.2, -0.15) is 4.98 Å². The van der Waals surface area contributed by atoms with E-state index >= 15 is 0 Å². The summed E-state index contributed by atoms with van der Waals surface area (Å²) >= 11 is 6.40. The fourth-order valence-corrected chi connectivity index (χ4v) is 4.07. The fraction of sp³-hybridized carbons (Fsp3) is 0.286. The molecule has 0 saturated heterocycles. The Hall–Kier alpha value is -3.60. The second-order valence-electron chi connectivity index (χ2n) is 7.53. The van der Waals surface area contributed by atoms with Gasteiger partial charge in [0.2, 0.25) is 5.89 Å². The first-order valence-electron chi connectivity index (χ1n) is 10.00. The van der Waals surface area contributed by atoms with Gasteiger partial charge in [-0.05, 0) is 38.8 Å². The molecule has 3 heterocycles. The molecule has 33 heavy (non-hydrogen) atoms. The largest absolute Gasteiger partial charge is 0.340 e. The fourth-order valence-electron chi connectivity index (χ4n) is 3.69. The molecule has 0 saturated carbocycles. The normalized spacial score (nSPS) is 13.5. The molecule has 0 unspecified atom stereocenters. The van der Waals surface area contributed by atoms with Crippen molar-refractivity contribution in [2.75, 3.05) is 5.32 Å². The maximum atomic E-state index is 13.5. The second kappa shape index (κ2) is 8.74. The van der Waals surface area contributed by atoms with Crippen molar-refractivity contribution >= 4 is 34.9 Å². The third-order valence-corrected chi connectivity index (χ3v) is 5.56. The molecule has 0 radical (unpaired) electrons. The molecular weight excluding hydrogens is 460 g/mol. The van der Waals surface area contributed by atoms with Gasteiger partial charge in [0.15, 0.2) is 17.5 Å². The average Bonchev–Trinajstić information content (AvgIpc) is 3.46. The Kier molecular flexibility index (Phi) is 5.98. The van der Waals surface area contributed by atoms with E-state index in [-0.39, 0.29) is 27.9 Å². The predicted molar refractivity (Wildman–Crippen MR) is 112 cm³/mol. The minimum Gasteiger partial charge on any atom is -0.340 e. The second-order valence-corrected chi connectivity index (χ2v) is 7.90. The lowest BCUT2D eigenvalue weighted by molar-refractivity contribution is -0.117. The molecule has 1 atom stereocenters. The van der Waals surface area contributed by atoms with Gasteiger partial charge < -0.3 is 19.7 Å². The van der Waals surface area contributed by atoms with Crippen molar-refractivity contribution in [2.45, 2.75) is 39.3 Å². The molecule has 0 fully saturated rings. The first-order chi connectivity index (χ1) is 15.7. The molecule has 3 aromatic rings. The highest BCUT2D eigenvalue weighted by Crippen LogP contribution is 2.34. The van der Waals surface area contributed by atoms with Crippen LogP contribution in [0.1, 0.15) is 57.6 Å². The predicted octanol–water partition coefficient (Wildman–Crippen LogP) is 3.37. The summed E-state index contributed by atoms with van der Waals surface area (Å²) < 4.78 is 33.2. The third-order valence-electron chi connectivity index (χ3n) is 5.19. The number of benzene rings is 1. The number of aryl methyl sites for hydroxylation is 1. The van der Waals surface area contributed by atoms with Crippen LogP contribution in [0.15, 0.2) is 22.7 Å². The van der Waals surface area contributed by atoms with Crippen molar-refractivity contribution in [3.05, 3.63) is 63.5 Å². The number of fused-ring (bicyclic) bond motifs is 1. The quantitative estimate of drug-likeness (QED) is 0.415. The van der Waals surface area contributed by atoms with E-state index < -0.39 is 35.3 Å². The summed E-state index contributed by atoms with van der Waals surface area (Å²) in [6.45, 7) is 3.58. The molecular formula is C21H18ClF2N5O4. The van der Waals surface area contributed by atoms with Crippen LogP contribution >= 0.6 is 11.6 Å². The highest BCUT2D eigenvalue weighted by Gasteiger charge is 2.35. The molecule has 0 bridgehead atoms. The minimum atomic E-state index is -1.13. The molecule has 1 aliphatic rings. The Bertz CT molecular complexity index is 1290. The monoisotopic (exact) mass is 477 g/mol. The molecule has 0 aliphatic carbocycles. The number of nitrogens with one attached hydrogen (secondary N) is 2. The topological polar surface area (TPSA) is 119 Å². The SMILES string of the molecule is Cc1noc([C@@H](C)NC(=O)C(=O)c2c(Cl)c(C(=O)Nc3ccc(F)c(F)c3)c3n2CCC3)n1. The highest BCUT2D eigenvalue weighted by atomic mass is 35.5. The number of nitrogens with zero attached hydrogens (tertiary/aromatic N) is 3. The maximum absolute atomic E-state index is 13.5. The van der Waals surface area contributed by atoms with Crippen molar-refractivity contribution < 1.29 is 27.7 Å². The molecule has 172 valence electrons. The van der Waals surface area contributed by atoms with Crippen molar-refractivity contribution in [1.82, 2.24) is 20.0 Å². The van der Waals surface area contributed by atoms with Crippen LogP contribution in [-0.2, 0) is 17.8 Å². The van der Waals surface area contributed by atoms with E-state index in [1.807, 2.05) is 0 Å². The van der Waals surface area contributed by atoms with E-state index in [1.54, 1.807) is 13.8 Å². The van der Waals surface area contributed by atoms with E-state index in [2.05, 4.69) is 20.8 Å². The lowest BCUT2D eigenvalue weighted by atomic mass is 10.1. The summed E-state index contributed by atoms with van der Waals surface area (Å²) in [5.74, 6) is -4.27. The van der Waals surface area contributed by atoms with E-state index in [0.717, 1.165) is 12.1 Å². The summed E-state index contributed by atoms with van der Waals surface area (Å²) in [5.41, 5.74) is 0.389. The van der Waals surface area contributed by atoms with Crippen LogP contribution in [0, 0.1) is 18.6 Å². The van der Waals surface area contributed by atoms with Gasteiger partial charge >= 0.3 is 0 Å². The number of Topliss-reactive ketones (excluding diaryl/α,β-unsaturated/α-hetero) is 1. The molecule has 4 rings (SSSR count). The first kappa shape index (κ1) is 22.6. The van der Waals surface area contributed by atoms with Crippen molar-refractivity contribution in [1.29, 1.82) is 0 Å². The molecule has 2 N–H and O–H groups in total. The van der Waals surface area contributed by atoms with Crippen molar-refractivity contribution in [2.24, 2.45) is 0 Å². The smallest absolute Gasteiger partial charge is 0.294 e. The van der Waals surface area contributed by atoms with Gasteiger partial charge in [0.05, 0.1) is 10.6 Å². The van der Waals surface area contributed by atoms with Gasteiger partial charge in [-0.15, -0.1) is 0 Å². The number of aromatic nitrogens is 3. The third kappa shape index (κ3) is 4.23. The molecule has 2 aromatic heterocycles. The van der Waals surface area contributed by atoms with Gasteiger partial charge in [-0.1, -0.05) is 16.8 Å². The molecule has 0 spiro atoms. The van der Waals surface area contributed by atoms with E-state index in [1.165, 1.54) is 10.6 Å². The van der Waals surface area contributed by atoms with Crippen LogP contribution in [0.2, 0.25) is 5.02 Å². The molecule has 1 aliphatic heterocycles. The van der Waals surface area contributed by atoms with Crippen molar-refractivity contribution in [3.8, 4) is 0 Å². The summed E-state index contributed by atoms with van der Waals surface area (Å²) in [6.07, 6.45) is 1.09. The maximum Gasteiger partial charge on any atom is 0.294 e. The van der Waals surface area contributed by atoms with Gasteiger partial charge in [0.1, 0.15) is 11.7 Å². The average molecular weight is 478 g/mol. The Balaban J connectivity index is 1.60. The van der Waals surface area contributed by atoms with Crippen LogP contribution in [0.4, 0.5) is 14.5 Å². The Morgan fingerprint density at radius 2 is 2.00 bits per heavy atom. The number of carbonyl (C=O) groups excluding carboxylic acids is 3. The van der Waals surface area contributed by atoms with Gasteiger partial charge in [0, 0.05) is 24.0 Å². The summed E-state index contributed by atoms with van der Waals surface area (Å²) in [6, 6.07) is 2.17.